The molecule has 0 aromatic carbocycles. The summed E-state index contributed by atoms with van der Waals surface area (Å²) in [5.74, 6) is -1.22. The zero-order valence-electron chi connectivity index (χ0n) is 10.8. The van der Waals surface area contributed by atoms with Crippen molar-refractivity contribution in [1.82, 2.24) is 9.78 Å². The molecule has 1 saturated carbocycles. The first-order valence-electron chi connectivity index (χ1n) is 6.57. The Hall–Kier alpha value is -1.33. The number of nitrogens with zero attached hydrogens (tertiary/aromatic N) is 2. The summed E-state index contributed by atoms with van der Waals surface area (Å²) in [5, 5.41) is 3.94. The van der Waals surface area contributed by atoms with Gasteiger partial charge in [0.15, 0.2) is 0 Å². The number of halogens is 3. The van der Waals surface area contributed by atoms with Crippen molar-refractivity contribution in [3.05, 3.63) is 18.0 Å². The van der Waals surface area contributed by atoms with Gasteiger partial charge < -0.3 is 0 Å². The van der Waals surface area contributed by atoms with Crippen molar-refractivity contribution in [1.29, 1.82) is 0 Å². The van der Waals surface area contributed by atoms with Gasteiger partial charge in [-0.05, 0) is 18.8 Å². The van der Waals surface area contributed by atoms with Gasteiger partial charge in [0.05, 0.1) is 17.8 Å². The number of hydrogen-bond donors (Lipinski definition) is 0. The van der Waals surface area contributed by atoms with E-state index in [1.807, 2.05) is 0 Å². The molecule has 0 amide bonds. The maximum absolute atomic E-state index is 12.3. The molecule has 1 aliphatic carbocycles. The summed E-state index contributed by atoms with van der Waals surface area (Å²) in [6.07, 6.45) is 2.58. The molecule has 0 radical (unpaired) electrons. The Bertz CT molecular complexity index is 453. The predicted molar refractivity (Wildman–Crippen MR) is 63.9 cm³/mol. The normalized spacial score (nSPS) is 24.4. The van der Waals surface area contributed by atoms with Gasteiger partial charge in [0.2, 0.25) is 0 Å². The summed E-state index contributed by atoms with van der Waals surface area (Å²) in [4.78, 5) is 11.1. The molecule has 0 spiro atoms. The fourth-order valence-electron chi connectivity index (χ4n) is 2.69. The summed E-state index contributed by atoms with van der Waals surface area (Å²) in [5.41, 5.74) is -0.369. The Morgan fingerprint density at radius 3 is 2.84 bits per heavy atom. The third kappa shape index (κ3) is 3.16. The number of carbonyl (C=O) groups is 1. The van der Waals surface area contributed by atoms with E-state index in [1.54, 1.807) is 0 Å². The van der Waals surface area contributed by atoms with Gasteiger partial charge in [-0.25, -0.2) is 0 Å². The minimum Gasteiger partial charge on any atom is -0.284 e. The second-order valence-corrected chi connectivity index (χ2v) is 5.13. The van der Waals surface area contributed by atoms with E-state index in [0.717, 1.165) is 31.9 Å². The molecule has 0 aliphatic heterocycles. The third-order valence-electron chi connectivity index (χ3n) is 3.83. The van der Waals surface area contributed by atoms with Crippen molar-refractivity contribution < 1.29 is 18.0 Å². The highest BCUT2D eigenvalue weighted by molar-refractivity contribution is 5.99. The van der Waals surface area contributed by atoms with Gasteiger partial charge in [-0.15, -0.1) is 0 Å². The van der Waals surface area contributed by atoms with Crippen LogP contribution in [0.5, 0.6) is 0 Å². The van der Waals surface area contributed by atoms with Crippen LogP contribution >= 0.6 is 0 Å². The Morgan fingerprint density at radius 2 is 2.21 bits per heavy atom. The maximum atomic E-state index is 12.3. The minimum absolute atomic E-state index is 0.119. The van der Waals surface area contributed by atoms with E-state index in [0.29, 0.717) is 5.92 Å². The molecule has 106 valence electrons. The molecule has 1 aromatic heterocycles. The molecule has 1 aromatic rings. The van der Waals surface area contributed by atoms with Crippen LogP contribution in [0.15, 0.2) is 12.4 Å². The van der Waals surface area contributed by atoms with E-state index in [4.69, 9.17) is 0 Å². The van der Waals surface area contributed by atoms with Crippen molar-refractivity contribution in [2.45, 2.75) is 51.2 Å². The quantitative estimate of drug-likeness (QED) is 0.786. The molecule has 3 nitrogen and oxygen atoms in total. The molecule has 19 heavy (non-hydrogen) atoms. The van der Waals surface area contributed by atoms with Crippen LogP contribution in [0.1, 0.15) is 55.4 Å². The van der Waals surface area contributed by atoms with Gasteiger partial charge in [-0.3, -0.25) is 9.48 Å². The Labute approximate surface area is 109 Å². The van der Waals surface area contributed by atoms with Crippen molar-refractivity contribution in [3.8, 4) is 0 Å². The lowest BCUT2D eigenvalue weighted by atomic mass is 9.84. The molecule has 1 heterocycles. The lowest BCUT2D eigenvalue weighted by Gasteiger charge is -2.28. The standard InChI is InChI=1S/C13H17F3N2O/c1-2-9-4-3-5-11(6-9)18-8-10(7-17-18)12(19)13(14,15)16/h7-9,11H,2-6H2,1H3. The van der Waals surface area contributed by atoms with E-state index < -0.39 is 12.0 Å². The third-order valence-corrected chi connectivity index (χ3v) is 3.83. The SMILES string of the molecule is CCC1CCCC(n2cc(C(=O)C(F)(F)F)cn2)C1. The molecule has 2 rings (SSSR count). The Balaban J connectivity index is 2.11. The van der Waals surface area contributed by atoms with Crippen LogP contribution in [0.3, 0.4) is 0 Å². The molecule has 0 bridgehead atoms. The first kappa shape index (κ1) is 14.1. The summed E-state index contributed by atoms with van der Waals surface area (Å²) in [6.45, 7) is 2.12. The number of rotatable bonds is 3. The molecule has 6 heteroatoms. The Morgan fingerprint density at radius 1 is 1.47 bits per heavy atom. The lowest BCUT2D eigenvalue weighted by Crippen LogP contribution is -2.22. The fourth-order valence-corrected chi connectivity index (χ4v) is 2.69. The summed E-state index contributed by atoms with van der Waals surface area (Å²) >= 11 is 0. The summed E-state index contributed by atoms with van der Waals surface area (Å²) in [6, 6.07) is 0.119. The highest BCUT2D eigenvalue weighted by Gasteiger charge is 2.40. The average Bonchev–Trinajstić information content (AvgIpc) is 2.86. The molecule has 0 N–H and O–H groups in total. The van der Waals surface area contributed by atoms with Crippen LogP contribution in [-0.4, -0.2) is 21.7 Å². The van der Waals surface area contributed by atoms with Crippen molar-refractivity contribution in [2.24, 2.45) is 5.92 Å². The zero-order valence-corrected chi connectivity index (χ0v) is 10.8. The van der Waals surface area contributed by atoms with Crippen LogP contribution in [0.2, 0.25) is 0 Å². The zero-order chi connectivity index (χ0) is 14.0. The minimum atomic E-state index is -4.83. The van der Waals surface area contributed by atoms with Gasteiger partial charge in [0, 0.05) is 6.20 Å². The van der Waals surface area contributed by atoms with Gasteiger partial charge in [-0.1, -0.05) is 26.2 Å². The molecule has 2 atom stereocenters. The van der Waals surface area contributed by atoms with Gasteiger partial charge >= 0.3 is 6.18 Å². The number of Topliss-reactive ketones (excluding diaryl/α,β-unsaturated/α-hetero) is 1. The highest BCUT2D eigenvalue weighted by atomic mass is 19.4. The van der Waals surface area contributed by atoms with Crippen LogP contribution in [0, 0.1) is 5.92 Å². The monoisotopic (exact) mass is 274 g/mol. The fraction of sp³-hybridized carbons (Fsp3) is 0.692. The van der Waals surface area contributed by atoms with E-state index in [-0.39, 0.29) is 11.6 Å². The topological polar surface area (TPSA) is 34.9 Å². The molecule has 2 unspecified atom stereocenters. The predicted octanol–water partition coefficient (Wildman–Crippen LogP) is 3.77. The van der Waals surface area contributed by atoms with Crippen LogP contribution in [0.25, 0.3) is 0 Å². The van der Waals surface area contributed by atoms with Crippen molar-refractivity contribution >= 4 is 5.78 Å². The second kappa shape index (κ2) is 5.35. The lowest BCUT2D eigenvalue weighted by molar-refractivity contribution is -0.0885. The number of aromatic nitrogens is 2. The van der Waals surface area contributed by atoms with Gasteiger partial charge in [0.25, 0.3) is 5.78 Å². The first-order valence-corrected chi connectivity index (χ1v) is 6.57. The van der Waals surface area contributed by atoms with E-state index in [1.165, 1.54) is 17.3 Å². The van der Waals surface area contributed by atoms with E-state index >= 15 is 0 Å². The van der Waals surface area contributed by atoms with Crippen LogP contribution in [-0.2, 0) is 0 Å². The van der Waals surface area contributed by atoms with E-state index in [9.17, 15) is 18.0 Å². The second-order valence-electron chi connectivity index (χ2n) is 5.13. The van der Waals surface area contributed by atoms with Crippen LogP contribution in [0.4, 0.5) is 13.2 Å². The molecule has 0 saturated heterocycles. The molecule has 1 aliphatic rings. The molecular weight excluding hydrogens is 257 g/mol. The average molecular weight is 274 g/mol. The van der Waals surface area contributed by atoms with Crippen molar-refractivity contribution in [2.75, 3.05) is 0 Å². The summed E-state index contributed by atoms with van der Waals surface area (Å²) < 4.78 is 38.5. The largest absolute Gasteiger partial charge is 0.454 e. The molecule has 1 fully saturated rings. The van der Waals surface area contributed by atoms with Gasteiger partial charge in [0.1, 0.15) is 0 Å². The number of alkyl halides is 3. The smallest absolute Gasteiger partial charge is 0.284 e. The number of ketones is 1. The summed E-state index contributed by atoms with van der Waals surface area (Å²) in [7, 11) is 0. The van der Waals surface area contributed by atoms with Crippen LogP contribution < -0.4 is 0 Å². The van der Waals surface area contributed by atoms with E-state index in [2.05, 4.69) is 12.0 Å². The molecular formula is C13H17F3N2O. The number of carbonyl (C=O) groups excluding carboxylic acids is 1. The van der Waals surface area contributed by atoms with Gasteiger partial charge in [-0.2, -0.15) is 18.3 Å². The first-order chi connectivity index (χ1) is 8.91. The number of hydrogen-bond acceptors (Lipinski definition) is 2. The van der Waals surface area contributed by atoms with Crippen molar-refractivity contribution in [3.63, 3.8) is 0 Å². The Kier molecular flexibility index (Phi) is 3.96. The maximum Gasteiger partial charge on any atom is 0.454 e. The highest BCUT2D eigenvalue weighted by Crippen LogP contribution is 2.34.